The lowest BCUT2D eigenvalue weighted by atomic mass is 9.98. The van der Waals surface area contributed by atoms with Gasteiger partial charge in [0.1, 0.15) is 18.4 Å². The number of anilines is 1. The average molecular weight is 446 g/mol. The van der Waals surface area contributed by atoms with Crippen LogP contribution >= 0.6 is 0 Å². The number of hydrogen-bond acceptors (Lipinski definition) is 5. The third-order valence-electron chi connectivity index (χ3n) is 5.56. The highest BCUT2D eigenvalue weighted by Gasteiger charge is 2.29. The number of fused-ring (bicyclic) bond motifs is 3. The number of aromatic hydroxyl groups is 1. The van der Waals surface area contributed by atoms with Gasteiger partial charge in [0, 0.05) is 5.92 Å². The third-order valence-corrected chi connectivity index (χ3v) is 5.56. The van der Waals surface area contributed by atoms with Crippen LogP contribution in [0.15, 0.2) is 66.7 Å². The fraction of sp³-hybridized carbons (Fsp3) is 0.160. The van der Waals surface area contributed by atoms with Crippen LogP contribution in [-0.4, -0.2) is 40.8 Å². The van der Waals surface area contributed by atoms with Crippen molar-refractivity contribution in [2.45, 2.75) is 18.9 Å². The summed E-state index contributed by atoms with van der Waals surface area (Å²) in [5.41, 5.74) is 4.11. The molecule has 1 aliphatic rings. The Morgan fingerprint density at radius 3 is 2.18 bits per heavy atom. The predicted molar refractivity (Wildman–Crippen MR) is 121 cm³/mol. The molecule has 33 heavy (non-hydrogen) atoms. The van der Waals surface area contributed by atoms with E-state index in [0.29, 0.717) is 0 Å². The van der Waals surface area contributed by atoms with E-state index in [4.69, 9.17) is 4.74 Å². The van der Waals surface area contributed by atoms with Gasteiger partial charge in [-0.1, -0.05) is 48.5 Å². The van der Waals surface area contributed by atoms with E-state index in [1.807, 2.05) is 48.5 Å². The van der Waals surface area contributed by atoms with E-state index in [0.717, 1.165) is 28.3 Å². The molecule has 0 saturated heterocycles. The second kappa shape index (κ2) is 9.04. The molecule has 0 saturated carbocycles. The van der Waals surface area contributed by atoms with Crippen LogP contribution in [-0.2, 0) is 9.53 Å². The molecule has 168 valence electrons. The molecule has 2 amide bonds. The molecule has 1 unspecified atom stereocenters. The van der Waals surface area contributed by atoms with Gasteiger partial charge in [0.25, 0.3) is 0 Å². The molecule has 0 fully saturated rings. The molecule has 0 radical (unpaired) electrons. The second-order valence-electron chi connectivity index (χ2n) is 7.72. The first kappa shape index (κ1) is 21.9. The maximum atomic E-state index is 12.5. The Labute approximate surface area is 189 Å². The molecule has 3 aromatic carbocycles. The number of phenols is 1. The minimum absolute atomic E-state index is 0.00601. The first-order chi connectivity index (χ1) is 15.8. The highest BCUT2D eigenvalue weighted by Crippen LogP contribution is 2.44. The molecule has 0 heterocycles. The van der Waals surface area contributed by atoms with Gasteiger partial charge in [-0.2, -0.15) is 0 Å². The molecule has 0 aliphatic heterocycles. The highest BCUT2D eigenvalue weighted by molar-refractivity contribution is 6.03. The van der Waals surface area contributed by atoms with Crippen LogP contribution in [0.25, 0.3) is 11.1 Å². The number of carboxylic acid groups (broad SMARTS) is 1. The average Bonchev–Trinajstić information content (AvgIpc) is 3.12. The number of aromatic carboxylic acids is 1. The molecular formula is C25H22N2O6. The topological polar surface area (TPSA) is 125 Å². The summed E-state index contributed by atoms with van der Waals surface area (Å²) in [6.45, 7) is 1.56. The SMILES string of the molecule is CC(NC(=O)OCC1c2ccccc2-c2ccccc21)C(=O)Nc1ccc(O)cc1C(=O)O. The zero-order valence-electron chi connectivity index (χ0n) is 17.7. The molecule has 4 N–H and O–H groups in total. The summed E-state index contributed by atoms with van der Waals surface area (Å²) in [5, 5.41) is 23.6. The maximum absolute atomic E-state index is 12.5. The Morgan fingerprint density at radius 1 is 0.970 bits per heavy atom. The summed E-state index contributed by atoms with van der Waals surface area (Å²) in [4.78, 5) is 36.2. The van der Waals surface area contributed by atoms with Gasteiger partial charge in [-0.05, 0) is 47.4 Å². The summed E-state index contributed by atoms with van der Waals surface area (Å²) in [7, 11) is 0. The first-order valence-electron chi connectivity index (χ1n) is 10.3. The van der Waals surface area contributed by atoms with E-state index in [1.54, 1.807) is 0 Å². The zero-order valence-corrected chi connectivity index (χ0v) is 17.7. The van der Waals surface area contributed by atoms with Crippen molar-refractivity contribution >= 4 is 23.7 Å². The van der Waals surface area contributed by atoms with Crippen LogP contribution in [0.5, 0.6) is 5.75 Å². The fourth-order valence-electron chi connectivity index (χ4n) is 3.94. The van der Waals surface area contributed by atoms with Crippen molar-refractivity contribution in [1.29, 1.82) is 0 Å². The van der Waals surface area contributed by atoms with Crippen LogP contribution in [0.3, 0.4) is 0 Å². The van der Waals surface area contributed by atoms with Gasteiger partial charge in [-0.15, -0.1) is 0 Å². The summed E-state index contributed by atoms with van der Waals surface area (Å²) in [6, 6.07) is 18.5. The maximum Gasteiger partial charge on any atom is 0.407 e. The van der Waals surface area contributed by atoms with Gasteiger partial charge in [0.2, 0.25) is 5.91 Å². The fourth-order valence-corrected chi connectivity index (χ4v) is 3.94. The largest absolute Gasteiger partial charge is 0.508 e. The molecule has 0 bridgehead atoms. The van der Waals surface area contributed by atoms with E-state index in [9.17, 15) is 24.6 Å². The molecule has 0 aromatic heterocycles. The first-order valence-corrected chi connectivity index (χ1v) is 10.3. The molecule has 8 nitrogen and oxygen atoms in total. The van der Waals surface area contributed by atoms with E-state index in [2.05, 4.69) is 10.6 Å². The molecule has 3 aromatic rings. The number of nitrogens with one attached hydrogen (secondary N) is 2. The Hall–Kier alpha value is -4.33. The van der Waals surface area contributed by atoms with Gasteiger partial charge in [-0.25, -0.2) is 9.59 Å². The molecule has 0 spiro atoms. The summed E-state index contributed by atoms with van der Waals surface area (Å²) in [5.74, 6) is -2.28. The normalized spacial score (nSPS) is 12.9. The number of benzene rings is 3. The standard InChI is InChI=1S/C25H22N2O6/c1-14(23(29)27-22-11-10-15(28)12-20(22)24(30)31)26-25(32)33-13-21-18-8-4-2-6-16(18)17-7-3-5-9-19(17)21/h2-12,14,21,28H,13H2,1H3,(H,26,32)(H,27,29)(H,30,31). The minimum Gasteiger partial charge on any atom is -0.508 e. The van der Waals surface area contributed by atoms with Crippen molar-refractivity contribution in [3.8, 4) is 16.9 Å². The number of carbonyl (C=O) groups is 3. The van der Waals surface area contributed by atoms with Crippen molar-refractivity contribution in [1.82, 2.24) is 5.32 Å². The Kier molecular flexibility index (Phi) is 5.99. The number of rotatable bonds is 6. The van der Waals surface area contributed by atoms with Gasteiger partial charge < -0.3 is 25.6 Å². The van der Waals surface area contributed by atoms with E-state index in [-0.39, 0.29) is 29.5 Å². The lowest BCUT2D eigenvalue weighted by Crippen LogP contribution is -2.42. The van der Waals surface area contributed by atoms with Gasteiger partial charge in [0.15, 0.2) is 0 Å². The van der Waals surface area contributed by atoms with Crippen LogP contribution in [0, 0.1) is 0 Å². The van der Waals surface area contributed by atoms with Crippen molar-refractivity contribution < 1.29 is 29.3 Å². The molecule has 4 rings (SSSR count). The number of carboxylic acids is 1. The highest BCUT2D eigenvalue weighted by atomic mass is 16.5. The summed E-state index contributed by atoms with van der Waals surface area (Å²) in [6.07, 6.45) is -0.760. The quantitative estimate of drug-likeness (QED) is 0.425. The number of carbonyl (C=O) groups excluding carboxylic acids is 2. The van der Waals surface area contributed by atoms with Crippen molar-refractivity contribution in [2.24, 2.45) is 0 Å². The van der Waals surface area contributed by atoms with Gasteiger partial charge in [0.05, 0.1) is 11.3 Å². The van der Waals surface area contributed by atoms with Crippen molar-refractivity contribution in [3.05, 3.63) is 83.4 Å². The smallest absolute Gasteiger partial charge is 0.407 e. The van der Waals surface area contributed by atoms with Gasteiger partial charge in [-0.3, -0.25) is 4.79 Å². The van der Waals surface area contributed by atoms with Crippen LogP contribution in [0.4, 0.5) is 10.5 Å². The monoisotopic (exact) mass is 446 g/mol. The molecular weight excluding hydrogens is 424 g/mol. The number of ether oxygens (including phenoxy) is 1. The number of phenolic OH excluding ortho intramolecular Hbond substituents is 1. The van der Waals surface area contributed by atoms with Gasteiger partial charge >= 0.3 is 12.1 Å². The molecule has 8 heteroatoms. The predicted octanol–water partition coefficient (Wildman–Crippen LogP) is 3.96. The molecule has 1 aliphatic carbocycles. The lowest BCUT2D eigenvalue weighted by molar-refractivity contribution is -0.117. The van der Waals surface area contributed by atoms with E-state index < -0.39 is 24.0 Å². The van der Waals surface area contributed by atoms with E-state index >= 15 is 0 Å². The third kappa shape index (κ3) is 4.50. The lowest BCUT2D eigenvalue weighted by Gasteiger charge is -2.17. The number of hydrogen-bond donors (Lipinski definition) is 4. The second-order valence-corrected chi connectivity index (χ2v) is 7.72. The van der Waals surface area contributed by atoms with Crippen LogP contribution in [0.2, 0.25) is 0 Å². The van der Waals surface area contributed by atoms with Crippen LogP contribution in [0.1, 0.15) is 34.3 Å². The number of amides is 2. The Bertz CT molecular complexity index is 1190. The van der Waals surface area contributed by atoms with Crippen molar-refractivity contribution in [2.75, 3.05) is 11.9 Å². The van der Waals surface area contributed by atoms with Crippen LogP contribution < -0.4 is 10.6 Å². The number of alkyl carbamates (subject to hydrolysis) is 1. The Morgan fingerprint density at radius 2 is 1.58 bits per heavy atom. The molecule has 1 atom stereocenters. The van der Waals surface area contributed by atoms with Crippen molar-refractivity contribution in [3.63, 3.8) is 0 Å². The van der Waals surface area contributed by atoms with E-state index in [1.165, 1.54) is 19.1 Å². The minimum atomic E-state index is -1.31. The summed E-state index contributed by atoms with van der Waals surface area (Å²) >= 11 is 0. The summed E-state index contributed by atoms with van der Waals surface area (Å²) < 4.78 is 5.43. The Balaban J connectivity index is 1.38. The zero-order chi connectivity index (χ0) is 23.5.